The summed E-state index contributed by atoms with van der Waals surface area (Å²) in [7, 11) is 0. The van der Waals surface area contributed by atoms with Gasteiger partial charge in [-0.3, -0.25) is 9.59 Å². The van der Waals surface area contributed by atoms with Crippen LogP contribution in [0.1, 0.15) is 18.0 Å². The minimum absolute atomic E-state index is 0.0216. The molecule has 1 aromatic carbocycles. The lowest BCUT2D eigenvalue weighted by Crippen LogP contribution is -2.36. The summed E-state index contributed by atoms with van der Waals surface area (Å²) in [6.45, 7) is 0.0216. The molecule has 3 N–H and O–H groups in total. The number of benzene rings is 1. The van der Waals surface area contributed by atoms with Crippen molar-refractivity contribution in [3.8, 4) is 0 Å². The number of carbonyl (C=O) groups is 3. The molecule has 1 aliphatic rings. The van der Waals surface area contributed by atoms with Crippen molar-refractivity contribution in [2.24, 2.45) is 11.7 Å². The highest BCUT2D eigenvalue weighted by atomic mass is 35.5. The molecule has 0 radical (unpaired) electrons. The number of rotatable bonds is 4. The van der Waals surface area contributed by atoms with Gasteiger partial charge >= 0.3 is 5.97 Å². The Morgan fingerprint density at radius 1 is 1.35 bits per heavy atom. The summed E-state index contributed by atoms with van der Waals surface area (Å²) in [6.07, 6.45) is -0.0489. The fraction of sp³-hybridized carbons (Fsp3) is 0.308. The number of aliphatic carboxylic acids is 1. The second kappa shape index (κ2) is 5.50. The van der Waals surface area contributed by atoms with Gasteiger partial charge in [-0.2, -0.15) is 0 Å². The molecule has 0 bridgehead atoms. The van der Waals surface area contributed by atoms with Gasteiger partial charge < -0.3 is 15.7 Å². The Morgan fingerprint density at radius 2 is 1.95 bits per heavy atom. The Kier molecular flexibility index (Phi) is 3.94. The van der Waals surface area contributed by atoms with E-state index in [0.29, 0.717) is 10.6 Å². The number of likely N-dealkylation sites (tertiary alicyclic amines) is 1. The number of primary amides is 1. The molecule has 0 spiro atoms. The molecule has 0 saturated carbocycles. The first-order chi connectivity index (χ1) is 9.40. The van der Waals surface area contributed by atoms with Gasteiger partial charge in [0.05, 0.1) is 5.92 Å². The van der Waals surface area contributed by atoms with Crippen LogP contribution < -0.4 is 5.73 Å². The van der Waals surface area contributed by atoms with Gasteiger partial charge in [0.25, 0.3) is 0 Å². The quantitative estimate of drug-likeness (QED) is 0.858. The molecule has 106 valence electrons. The molecule has 2 rings (SSSR count). The van der Waals surface area contributed by atoms with Crippen LogP contribution in [0.4, 0.5) is 0 Å². The topological polar surface area (TPSA) is 101 Å². The zero-order valence-corrected chi connectivity index (χ0v) is 11.2. The predicted octanol–water partition coefficient (Wildman–Crippen LogP) is 0.800. The van der Waals surface area contributed by atoms with Crippen LogP contribution in [0.3, 0.4) is 0 Å². The zero-order valence-electron chi connectivity index (χ0n) is 10.5. The molecule has 7 heteroatoms. The maximum atomic E-state index is 11.9. The molecular weight excluding hydrogens is 284 g/mol. The van der Waals surface area contributed by atoms with Gasteiger partial charge in [0.2, 0.25) is 11.8 Å². The zero-order chi connectivity index (χ0) is 14.9. The number of halogens is 1. The molecule has 0 aromatic heterocycles. The van der Waals surface area contributed by atoms with Crippen molar-refractivity contribution in [2.75, 3.05) is 6.54 Å². The molecule has 0 aliphatic carbocycles. The summed E-state index contributed by atoms with van der Waals surface area (Å²) in [5, 5.41) is 9.83. The van der Waals surface area contributed by atoms with Crippen molar-refractivity contribution in [3.63, 3.8) is 0 Å². The molecular formula is C13H13ClN2O4. The molecule has 1 heterocycles. The van der Waals surface area contributed by atoms with E-state index in [-0.39, 0.29) is 13.0 Å². The van der Waals surface area contributed by atoms with E-state index >= 15 is 0 Å². The Bertz CT molecular complexity index is 558. The van der Waals surface area contributed by atoms with Crippen LogP contribution in [0.5, 0.6) is 0 Å². The predicted molar refractivity (Wildman–Crippen MR) is 70.8 cm³/mol. The van der Waals surface area contributed by atoms with E-state index in [4.69, 9.17) is 17.3 Å². The maximum Gasteiger partial charge on any atom is 0.331 e. The average Bonchev–Trinajstić information content (AvgIpc) is 2.74. The van der Waals surface area contributed by atoms with Crippen LogP contribution in [0, 0.1) is 5.92 Å². The van der Waals surface area contributed by atoms with Gasteiger partial charge in [-0.25, -0.2) is 4.79 Å². The van der Waals surface area contributed by atoms with Crippen LogP contribution in [-0.4, -0.2) is 34.3 Å². The summed E-state index contributed by atoms with van der Waals surface area (Å²) >= 11 is 5.76. The highest BCUT2D eigenvalue weighted by Crippen LogP contribution is 2.29. The summed E-state index contributed by atoms with van der Waals surface area (Å²) in [5.74, 6) is -2.79. The third kappa shape index (κ3) is 2.75. The fourth-order valence-corrected chi connectivity index (χ4v) is 2.40. The van der Waals surface area contributed by atoms with Crippen LogP contribution in [0.25, 0.3) is 0 Å². The van der Waals surface area contributed by atoms with Crippen molar-refractivity contribution < 1.29 is 19.5 Å². The van der Waals surface area contributed by atoms with E-state index in [1.165, 1.54) is 4.90 Å². The summed E-state index contributed by atoms with van der Waals surface area (Å²) in [4.78, 5) is 35.7. The number of nitrogens with two attached hydrogens (primary N) is 1. The minimum atomic E-state index is -1.16. The van der Waals surface area contributed by atoms with Gasteiger partial charge in [-0.15, -0.1) is 0 Å². The van der Waals surface area contributed by atoms with Crippen molar-refractivity contribution >= 4 is 29.4 Å². The first-order valence-corrected chi connectivity index (χ1v) is 6.35. The number of carboxylic acids is 1. The highest BCUT2D eigenvalue weighted by Gasteiger charge is 2.40. The van der Waals surface area contributed by atoms with Gasteiger partial charge in [0, 0.05) is 18.0 Å². The SMILES string of the molecule is NC(=O)C1CC(=O)N(C(C(=O)O)c2ccc(Cl)cc2)C1. The van der Waals surface area contributed by atoms with Crippen LogP contribution >= 0.6 is 11.6 Å². The summed E-state index contributed by atoms with van der Waals surface area (Å²) in [6, 6.07) is 5.07. The van der Waals surface area contributed by atoms with Crippen molar-refractivity contribution in [1.29, 1.82) is 0 Å². The van der Waals surface area contributed by atoms with E-state index in [0.717, 1.165) is 0 Å². The molecule has 6 nitrogen and oxygen atoms in total. The number of carbonyl (C=O) groups excluding carboxylic acids is 2. The number of carboxylic acid groups (broad SMARTS) is 1. The Hall–Kier alpha value is -2.08. The van der Waals surface area contributed by atoms with E-state index < -0.39 is 29.7 Å². The monoisotopic (exact) mass is 296 g/mol. The number of hydrogen-bond donors (Lipinski definition) is 2. The standard InChI is InChI=1S/C13H13ClN2O4/c14-9-3-1-7(2-4-9)11(13(19)20)16-6-8(12(15)18)5-10(16)17/h1-4,8,11H,5-6H2,(H2,15,18)(H,19,20). The lowest BCUT2D eigenvalue weighted by molar-refractivity contribution is -0.148. The first-order valence-electron chi connectivity index (χ1n) is 5.97. The molecule has 20 heavy (non-hydrogen) atoms. The number of amides is 2. The Morgan fingerprint density at radius 3 is 2.40 bits per heavy atom. The number of hydrogen-bond acceptors (Lipinski definition) is 3. The van der Waals surface area contributed by atoms with Crippen LogP contribution in [-0.2, 0) is 14.4 Å². The Labute approximate surface area is 120 Å². The molecule has 1 aliphatic heterocycles. The third-order valence-electron chi connectivity index (χ3n) is 3.29. The fourth-order valence-electron chi connectivity index (χ4n) is 2.27. The van der Waals surface area contributed by atoms with Crippen molar-refractivity contribution in [2.45, 2.75) is 12.5 Å². The lowest BCUT2D eigenvalue weighted by Gasteiger charge is -2.24. The smallest absolute Gasteiger partial charge is 0.331 e. The number of nitrogens with zero attached hydrogens (tertiary/aromatic N) is 1. The van der Waals surface area contributed by atoms with Crippen molar-refractivity contribution in [3.05, 3.63) is 34.9 Å². The van der Waals surface area contributed by atoms with E-state index in [1.54, 1.807) is 24.3 Å². The summed E-state index contributed by atoms with van der Waals surface area (Å²) in [5.41, 5.74) is 5.61. The molecule has 1 aromatic rings. The first kappa shape index (κ1) is 14.3. The second-order valence-electron chi connectivity index (χ2n) is 4.64. The van der Waals surface area contributed by atoms with Gasteiger partial charge in [0.15, 0.2) is 6.04 Å². The van der Waals surface area contributed by atoms with Crippen LogP contribution in [0.15, 0.2) is 24.3 Å². The largest absolute Gasteiger partial charge is 0.479 e. The van der Waals surface area contributed by atoms with E-state index in [9.17, 15) is 19.5 Å². The van der Waals surface area contributed by atoms with E-state index in [1.807, 2.05) is 0 Å². The second-order valence-corrected chi connectivity index (χ2v) is 5.08. The summed E-state index contributed by atoms with van der Waals surface area (Å²) < 4.78 is 0. The lowest BCUT2D eigenvalue weighted by atomic mass is 10.1. The molecule has 2 unspecified atom stereocenters. The molecule has 2 amide bonds. The minimum Gasteiger partial charge on any atom is -0.479 e. The molecule has 1 saturated heterocycles. The van der Waals surface area contributed by atoms with Gasteiger partial charge in [-0.05, 0) is 17.7 Å². The Balaban J connectivity index is 2.30. The normalized spacial score (nSPS) is 19.9. The maximum absolute atomic E-state index is 11.9. The average molecular weight is 297 g/mol. The van der Waals surface area contributed by atoms with Gasteiger partial charge in [0.1, 0.15) is 0 Å². The van der Waals surface area contributed by atoms with Crippen LogP contribution in [0.2, 0.25) is 5.02 Å². The van der Waals surface area contributed by atoms with Gasteiger partial charge in [-0.1, -0.05) is 23.7 Å². The third-order valence-corrected chi connectivity index (χ3v) is 3.54. The molecule has 1 fully saturated rings. The molecule has 2 atom stereocenters. The highest BCUT2D eigenvalue weighted by molar-refractivity contribution is 6.30. The van der Waals surface area contributed by atoms with Crippen molar-refractivity contribution in [1.82, 2.24) is 4.90 Å². The van der Waals surface area contributed by atoms with E-state index in [2.05, 4.69) is 0 Å².